The largest absolute Gasteiger partial charge is 0.345 e. The fourth-order valence-electron chi connectivity index (χ4n) is 1.07. The molecule has 6 nitrogen and oxygen atoms in total. The normalized spacial score (nSPS) is 15.6. The minimum absolute atomic E-state index is 0.200. The van der Waals surface area contributed by atoms with Crippen LogP contribution in [0.25, 0.3) is 0 Å². The number of rotatable bonds is 6. The number of amides is 1. The van der Waals surface area contributed by atoms with Crippen LogP contribution in [0.2, 0.25) is 0 Å². The first kappa shape index (κ1) is 15.0. The molecule has 1 amide bonds. The first-order chi connectivity index (χ1) is 7.17. The van der Waals surface area contributed by atoms with Gasteiger partial charge in [0.2, 0.25) is 15.9 Å². The maximum atomic E-state index is 11.6. The van der Waals surface area contributed by atoms with E-state index in [4.69, 9.17) is 0 Å². The van der Waals surface area contributed by atoms with Gasteiger partial charge in [-0.2, -0.15) is 0 Å². The van der Waals surface area contributed by atoms with Crippen molar-refractivity contribution in [3.63, 3.8) is 0 Å². The summed E-state index contributed by atoms with van der Waals surface area (Å²) in [4.78, 5) is 22.0. The summed E-state index contributed by atoms with van der Waals surface area (Å²) < 4.78 is 24.3. The van der Waals surface area contributed by atoms with Crippen molar-refractivity contribution in [1.82, 2.24) is 10.0 Å². The van der Waals surface area contributed by atoms with Crippen molar-refractivity contribution >= 4 is 22.2 Å². The zero-order valence-corrected chi connectivity index (χ0v) is 10.7. The van der Waals surface area contributed by atoms with Gasteiger partial charge in [-0.3, -0.25) is 4.79 Å². The SMILES string of the molecule is CC(C=O)NC(=O)[C@H](NS(C)(=O)=O)C(C)C. The van der Waals surface area contributed by atoms with Crippen molar-refractivity contribution in [3.8, 4) is 0 Å². The molecule has 7 heteroatoms. The molecule has 0 aliphatic heterocycles. The van der Waals surface area contributed by atoms with Crippen LogP contribution in [-0.4, -0.2) is 39.0 Å². The van der Waals surface area contributed by atoms with Crippen LogP contribution in [0.15, 0.2) is 0 Å². The molecule has 0 aromatic heterocycles. The van der Waals surface area contributed by atoms with E-state index in [9.17, 15) is 18.0 Å². The molecule has 0 aliphatic carbocycles. The number of aldehydes is 1. The first-order valence-corrected chi connectivity index (χ1v) is 6.79. The average Bonchev–Trinajstić information content (AvgIpc) is 2.12. The monoisotopic (exact) mass is 250 g/mol. The van der Waals surface area contributed by atoms with E-state index in [0.29, 0.717) is 6.29 Å². The maximum Gasteiger partial charge on any atom is 0.238 e. The van der Waals surface area contributed by atoms with E-state index < -0.39 is 28.0 Å². The third-order valence-electron chi connectivity index (χ3n) is 1.86. The number of nitrogens with one attached hydrogen (secondary N) is 2. The van der Waals surface area contributed by atoms with Gasteiger partial charge >= 0.3 is 0 Å². The Kier molecular flexibility index (Phi) is 5.60. The highest BCUT2D eigenvalue weighted by Crippen LogP contribution is 2.03. The second-order valence-corrected chi connectivity index (χ2v) is 5.83. The summed E-state index contributed by atoms with van der Waals surface area (Å²) in [5.41, 5.74) is 0. The summed E-state index contributed by atoms with van der Waals surface area (Å²) in [7, 11) is -3.46. The third-order valence-corrected chi connectivity index (χ3v) is 2.55. The molecule has 2 atom stereocenters. The molecule has 0 radical (unpaired) electrons. The van der Waals surface area contributed by atoms with Gasteiger partial charge in [-0.05, 0) is 12.8 Å². The quantitative estimate of drug-likeness (QED) is 0.607. The van der Waals surface area contributed by atoms with Gasteiger partial charge in [-0.15, -0.1) is 0 Å². The molecule has 16 heavy (non-hydrogen) atoms. The Morgan fingerprint density at radius 3 is 2.06 bits per heavy atom. The minimum atomic E-state index is -3.46. The van der Waals surface area contributed by atoms with E-state index in [0.717, 1.165) is 6.26 Å². The van der Waals surface area contributed by atoms with E-state index in [1.165, 1.54) is 6.92 Å². The van der Waals surface area contributed by atoms with Gasteiger partial charge in [0.1, 0.15) is 12.3 Å². The molecule has 0 aromatic rings. The lowest BCUT2D eigenvalue weighted by Gasteiger charge is -2.21. The molecule has 2 N–H and O–H groups in total. The van der Waals surface area contributed by atoms with Crippen LogP contribution in [-0.2, 0) is 19.6 Å². The van der Waals surface area contributed by atoms with Crippen LogP contribution in [0, 0.1) is 5.92 Å². The molecule has 0 aliphatic rings. The molecular weight excluding hydrogens is 232 g/mol. The van der Waals surface area contributed by atoms with Crippen LogP contribution >= 0.6 is 0 Å². The summed E-state index contributed by atoms with van der Waals surface area (Å²) in [5.74, 6) is -0.700. The summed E-state index contributed by atoms with van der Waals surface area (Å²) in [6.07, 6.45) is 1.56. The highest BCUT2D eigenvalue weighted by atomic mass is 32.2. The van der Waals surface area contributed by atoms with Gasteiger partial charge in [0.05, 0.1) is 12.3 Å². The lowest BCUT2D eigenvalue weighted by Crippen LogP contribution is -2.51. The van der Waals surface area contributed by atoms with Crippen molar-refractivity contribution in [2.45, 2.75) is 32.9 Å². The Morgan fingerprint density at radius 1 is 1.25 bits per heavy atom. The van der Waals surface area contributed by atoms with Gasteiger partial charge in [-0.1, -0.05) is 13.8 Å². The summed E-state index contributed by atoms with van der Waals surface area (Å²) in [6.45, 7) is 4.95. The second-order valence-electron chi connectivity index (χ2n) is 4.05. The van der Waals surface area contributed by atoms with E-state index >= 15 is 0 Å². The Bertz CT molecular complexity index is 351. The van der Waals surface area contributed by atoms with Gasteiger partial charge in [0, 0.05) is 0 Å². The predicted molar refractivity (Wildman–Crippen MR) is 60.3 cm³/mol. The number of hydrogen-bond donors (Lipinski definition) is 2. The van der Waals surface area contributed by atoms with Gasteiger partial charge in [-0.25, -0.2) is 13.1 Å². The Morgan fingerprint density at radius 2 is 1.75 bits per heavy atom. The molecule has 0 spiro atoms. The fourth-order valence-corrected chi connectivity index (χ4v) is 1.91. The first-order valence-electron chi connectivity index (χ1n) is 4.90. The smallest absolute Gasteiger partial charge is 0.238 e. The molecule has 0 rings (SSSR count). The summed E-state index contributed by atoms with van der Waals surface area (Å²) >= 11 is 0. The average molecular weight is 250 g/mol. The Balaban J connectivity index is 4.67. The molecule has 0 fully saturated rings. The molecular formula is C9H18N2O4S. The maximum absolute atomic E-state index is 11.6. The van der Waals surface area contributed by atoms with E-state index in [-0.39, 0.29) is 5.92 Å². The van der Waals surface area contributed by atoms with Gasteiger partial charge < -0.3 is 10.1 Å². The topological polar surface area (TPSA) is 92.3 Å². The Hall–Kier alpha value is -0.950. The number of carbonyl (C=O) groups is 2. The molecule has 0 heterocycles. The molecule has 0 saturated carbocycles. The second kappa shape index (κ2) is 5.95. The van der Waals surface area contributed by atoms with Crippen molar-refractivity contribution < 1.29 is 18.0 Å². The van der Waals surface area contributed by atoms with Gasteiger partial charge in [0.25, 0.3) is 0 Å². The molecule has 1 unspecified atom stereocenters. The number of sulfonamides is 1. The molecule has 94 valence electrons. The van der Waals surface area contributed by atoms with Crippen LogP contribution < -0.4 is 10.0 Å². The van der Waals surface area contributed by atoms with Crippen LogP contribution in [0.5, 0.6) is 0 Å². The van der Waals surface area contributed by atoms with Crippen molar-refractivity contribution in [3.05, 3.63) is 0 Å². The standard InChI is InChI=1S/C9H18N2O4S/c1-6(2)8(11-16(4,14)15)9(13)10-7(3)5-12/h5-8,11H,1-4H3,(H,10,13)/t7?,8-/m1/s1. The Labute approximate surface area is 95.8 Å². The van der Waals surface area contributed by atoms with Crippen molar-refractivity contribution in [2.75, 3.05) is 6.26 Å². The van der Waals surface area contributed by atoms with Crippen LogP contribution in [0.1, 0.15) is 20.8 Å². The summed E-state index contributed by atoms with van der Waals surface area (Å²) in [6, 6.07) is -1.49. The highest BCUT2D eigenvalue weighted by Gasteiger charge is 2.25. The van der Waals surface area contributed by atoms with Gasteiger partial charge in [0.15, 0.2) is 0 Å². The lowest BCUT2D eigenvalue weighted by atomic mass is 10.0. The number of hydrogen-bond acceptors (Lipinski definition) is 4. The third kappa shape index (κ3) is 5.82. The van der Waals surface area contributed by atoms with E-state index in [2.05, 4.69) is 10.0 Å². The van der Waals surface area contributed by atoms with Crippen LogP contribution in [0.4, 0.5) is 0 Å². The highest BCUT2D eigenvalue weighted by molar-refractivity contribution is 7.88. The zero-order chi connectivity index (χ0) is 12.9. The lowest BCUT2D eigenvalue weighted by molar-refractivity contribution is -0.126. The van der Waals surface area contributed by atoms with Crippen molar-refractivity contribution in [1.29, 1.82) is 0 Å². The molecule has 0 bridgehead atoms. The molecule has 0 aromatic carbocycles. The zero-order valence-electron chi connectivity index (χ0n) is 9.85. The van der Waals surface area contributed by atoms with E-state index in [1.54, 1.807) is 13.8 Å². The number of carbonyl (C=O) groups excluding carboxylic acids is 2. The van der Waals surface area contributed by atoms with E-state index in [1.807, 2.05) is 0 Å². The predicted octanol–water partition coefficient (Wildman–Crippen LogP) is -0.736. The fraction of sp³-hybridized carbons (Fsp3) is 0.778. The van der Waals surface area contributed by atoms with Crippen LogP contribution in [0.3, 0.4) is 0 Å². The van der Waals surface area contributed by atoms with Crippen molar-refractivity contribution in [2.24, 2.45) is 5.92 Å². The molecule has 0 saturated heterocycles. The minimum Gasteiger partial charge on any atom is -0.345 e. The summed E-state index contributed by atoms with van der Waals surface area (Å²) in [5, 5.41) is 2.40.